The van der Waals surface area contributed by atoms with Gasteiger partial charge in [-0.2, -0.15) is 0 Å². The highest BCUT2D eigenvalue weighted by molar-refractivity contribution is 5.94. The number of anilines is 1. The lowest BCUT2D eigenvalue weighted by Crippen LogP contribution is -2.50. The number of piperidine rings is 1. The average Bonchev–Trinajstić information content (AvgIpc) is 2.28. The Hall–Kier alpha value is -1.64. The first-order valence-electron chi connectivity index (χ1n) is 6.30. The van der Waals surface area contributed by atoms with E-state index in [9.17, 15) is 9.59 Å². The number of Topliss-reactive ketones (excluding diaryl/α,β-unsaturated/α-hetero) is 2. The van der Waals surface area contributed by atoms with Gasteiger partial charge in [-0.05, 0) is 45.0 Å². The van der Waals surface area contributed by atoms with Crippen LogP contribution in [0.3, 0.4) is 0 Å². The second kappa shape index (κ2) is 4.56. The number of nitrogens with zero attached hydrogens (tertiary/aromatic N) is 1. The summed E-state index contributed by atoms with van der Waals surface area (Å²) >= 11 is 0. The Labute approximate surface area is 108 Å². The Morgan fingerprint density at radius 1 is 1.22 bits per heavy atom. The zero-order valence-corrected chi connectivity index (χ0v) is 11.2. The fourth-order valence-corrected chi connectivity index (χ4v) is 2.56. The van der Waals surface area contributed by atoms with Gasteiger partial charge in [0.2, 0.25) is 0 Å². The molecule has 1 aromatic carbocycles. The van der Waals surface area contributed by atoms with Gasteiger partial charge in [0.25, 0.3) is 0 Å². The maximum atomic E-state index is 11.5. The lowest BCUT2D eigenvalue weighted by Gasteiger charge is -2.43. The molecule has 0 spiro atoms. The van der Waals surface area contributed by atoms with Crippen LogP contribution in [0.2, 0.25) is 0 Å². The van der Waals surface area contributed by atoms with Crippen LogP contribution in [-0.2, 0) is 4.79 Å². The third kappa shape index (κ3) is 2.45. The Kier molecular flexibility index (Phi) is 3.24. The normalized spacial score (nSPS) is 18.8. The van der Waals surface area contributed by atoms with Crippen molar-refractivity contribution in [2.24, 2.45) is 0 Å². The predicted molar refractivity (Wildman–Crippen MR) is 72.1 cm³/mol. The van der Waals surface area contributed by atoms with Gasteiger partial charge >= 0.3 is 0 Å². The van der Waals surface area contributed by atoms with E-state index < -0.39 is 0 Å². The summed E-state index contributed by atoms with van der Waals surface area (Å²) in [5.74, 6) is 0.409. The summed E-state index contributed by atoms with van der Waals surface area (Å²) in [6.07, 6.45) is 1.19. The maximum Gasteiger partial charge on any atom is 0.159 e. The minimum absolute atomic E-state index is 0.0784. The highest BCUT2D eigenvalue weighted by Crippen LogP contribution is 2.31. The number of hydrogen-bond donors (Lipinski definition) is 0. The number of hydrogen-bond acceptors (Lipinski definition) is 3. The van der Waals surface area contributed by atoms with Crippen molar-refractivity contribution in [3.05, 3.63) is 29.8 Å². The Balaban J connectivity index is 2.25. The molecule has 0 aromatic heterocycles. The summed E-state index contributed by atoms with van der Waals surface area (Å²) in [6, 6.07) is 7.64. The molecule has 96 valence electrons. The lowest BCUT2D eigenvalue weighted by molar-refractivity contribution is -0.121. The van der Waals surface area contributed by atoms with Crippen LogP contribution in [0.5, 0.6) is 0 Å². The van der Waals surface area contributed by atoms with Crippen molar-refractivity contribution < 1.29 is 9.59 Å². The second-order valence-corrected chi connectivity index (χ2v) is 5.53. The van der Waals surface area contributed by atoms with Crippen LogP contribution in [0.15, 0.2) is 24.3 Å². The van der Waals surface area contributed by atoms with Crippen LogP contribution in [-0.4, -0.2) is 23.7 Å². The molecule has 3 heteroatoms. The molecular weight excluding hydrogens is 226 g/mol. The summed E-state index contributed by atoms with van der Waals surface area (Å²) in [7, 11) is 0. The van der Waals surface area contributed by atoms with Gasteiger partial charge in [-0.1, -0.05) is 0 Å². The minimum Gasteiger partial charge on any atom is -0.366 e. The number of carbonyl (C=O) groups excluding carboxylic acids is 2. The molecule has 0 amide bonds. The molecule has 0 radical (unpaired) electrons. The zero-order valence-electron chi connectivity index (χ0n) is 11.2. The van der Waals surface area contributed by atoms with Crippen LogP contribution in [0, 0.1) is 0 Å². The van der Waals surface area contributed by atoms with Crippen LogP contribution < -0.4 is 4.90 Å². The third-order valence-electron chi connectivity index (χ3n) is 3.56. The van der Waals surface area contributed by atoms with Crippen molar-refractivity contribution in [2.75, 3.05) is 11.4 Å². The van der Waals surface area contributed by atoms with E-state index in [1.807, 2.05) is 24.3 Å². The van der Waals surface area contributed by atoms with Crippen molar-refractivity contribution in [3.8, 4) is 0 Å². The van der Waals surface area contributed by atoms with Gasteiger partial charge in [0.05, 0.1) is 0 Å². The van der Waals surface area contributed by atoms with E-state index in [1.54, 1.807) is 6.92 Å². The molecule has 1 aromatic rings. The Bertz CT molecular complexity index is 474. The summed E-state index contributed by atoms with van der Waals surface area (Å²) in [4.78, 5) is 25.0. The van der Waals surface area contributed by atoms with Crippen molar-refractivity contribution in [3.63, 3.8) is 0 Å². The van der Waals surface area contributed by atoms with E-state index >= 15 is 0 Å². The molecule has 0 atom stereocenters. The van der Waals surface area contributed by atoms with E-state index in [4.69, 9.17) is 0 Å². The predicted octanol–water partition coefficient (Wildman–Crippen LogP) is 2.84. The molecule has 0 bridgehead atoms. The quantitative estimate of drug-likeness (QED) is 0.752. The third-order valence-corrected chi connectivity index (χ3v) is 3.56. The molecule has 1 aliphatic heterocycles. The molecule has 3 nitrogen and oxygen atoms in total. The summed E-state index contributed by atoms with van der Waals surface area (Å²) in [5.41, 5.74) is 1.66. The minimum atomic E-state index is -0.146. The van der Waals surface area contributed by atoms with Gasteiger partial charge in [0.1, 0.15) is 5.78 Å². The standard InChI is InChI=1S/C15H19NO2/c1-11(17)12-4-6-13(7-5-12)16-9-8-14(18)10-15(16,2)3/h4-7H,8-10H2,1-3H3. The number of benzene rings is 1. The summed E-state index contributed by atoms with van der Waals surface area (Å²) < 4.78 is 0. The van der Waals surface area contributed by atoms with Crippen molar-refractivity contribution >= 4 is 17.3 Å². The van der Waals surface area contributed by atoms with Crippen LogP contribution in [0.4, 0.5) is 5.69 Å². The summed E-state index contributed by atoms with van der Waals surface area (Å²) in [5, 5.41) is 0. The smallest absolute Gasteiger partial charge is 0.159 e. The lowest BCUT2D eigenvalue weighted by atomic mass is 9.89. The molecular formula is C15H19NO2. The van der Waals surface area contributed by atoms with E-state index in [0.29, 0.717) is 18.6 Å². The topological polar surface area (TPSA) is 37.4 Å². The fraction of sp³-hybridized carbons (Fsp3) is 0.467. The monoisotopic (exact) mass is 245 g/mol. The van der Waals surface area contributed by atoms with Gasteiger partial charge in [0, 0.05) is 36.2 Å². The molecule has 1 fully saturated rings. The Morgan fingerprint density at radius 3 is 2.33 bits per heavy atom. The molecule has 1 saturated heterocycles. The molecule has 0 unspecified atom stereocenters. The van der Waals surface area contributed by atoms with E-state index in [2.05, 4.69) is 18.7 Å². The van der Waals surface area contributed by atoms with Crippen molar-refractivity contribution in [1.82, 2.24) is 0 Å². The van der Waals surface area contributed by atoms with E-state index in [0.717, 1.165) is 17.8 Å². The highest BCUT2D eigenvalue weighted by atomic mass is 16.1. The first-order chi connectivity index (χ1) is 8.40. The molecule has 0 saturated carbocycles. The van der Waals surface area contributed by atoms with E-state index in [-0.39, 0.29) is 11.3 Å². The SMILES string of the molecule is CC(=O)c1ccc(N2CCC(=O)CC2(C)C)cc1. The van der Waals surface area contributed by atoms with Gasteiger partial charge < -0.3 is 4.90 Å². The van der Waals surface area contributed by atoms with Gasteiger partial charge in [-0.25, -0.2) is 0 Å². The van der Waals surface area contributed by atoms with Crippen molar-refractivity contribution in [2.45, 2.75) is 39.2 Å². The maximum absolute atomic E-state index is 11.5. The molecule has 2 rings (SSSR count). The number of rotatable bonds is 2. The van der Waals surface area contributed by atoms with E-state index in [1.165, 1.54) is 0 Å². The van der Waals surface area contributed by atoms with Crippen LogP contribution in [0.1, 0.15) is 44.0 Å². The van der Waals surface area contributed by atoms with Crippen LogP contribution in [0.25, 0.3) is 0 Å². The fourth-order valence-electron chi connectivity index (χ4n) is 2.56. The van der Waals surface area contributed by atoms with Gasteiger partial charge in [-0.3, -0.25) is 9.59 Å². The van der Waals surface area contributed by atoms with Gasteiger partial charge in [0.15, 0.2) is 5.78 Å². The molecule has 0 N–H and O–H groups in total. The number of ketones is 2. The largest absolute Gasteiger partial charge is 0.366 e. The van der Waals surface area contributed by atoms with Gasteiger partial charge in [-0.15, -0.1) is 0 Å². The molecule has 18 heavy (non-hydrogen) atoms. The molecule has 1 heterocycles. The zero-order chi connectivity index (χ0) is 13.3. The second-order valence-electron chi connectivity index (χ2n) is 5.53. The molecule has 1 aliphatic rings. The number of carbonyl (C=O) groups is 2. The average molecular weight is 245 g/mol. The first kappa shape index (κ1) is 12.8. The summed E-state index contributed by atoms with van der Waals surface area (Å²) in [6.45, 7) is 6.50. The van der Waals surface area contributed by atoms with Crippen molar-refractivity contribution in [1.29, 1.82) is 0 Å². The first-order valence-corrected chi connectivity index (χ1v) is 6.30. The van der Waals surface area contributed by atoms with Crippen LogP contribution >= 0.6 is 0 Å². The highest BCUT2D eigenvalue weighted by Gasteiger charge is 2.33. The molecule has 0 aliphatic carbocycles. The Morgan fingerprint density at radius 2 is 1.83 bits per heavy atom.